The minimum Gasteiger partial charge on any atom is -0.490 e. The Balaban J connectivity index is 1.60. The van der Waals surface area contributed by atoms with E-state index in [9.17, 15) is 0 Å². The number of anilines is 1. The fraction of sp³-hybridized carbons (Fsp3) is 0.400. The molecule has 20 heavy (non-hydrogen) atoms. The summed E-state index contributed by atoms with van der Waals surface area (Å²) in [5, 5.41) is 7.57. The van der Waals surface area contributed by atoms with Crippen LogP contribution in [0.1, 0.15) is 12.1 Å². The molecule has 5 heteroatoms. The predicted molar refractivity (Wildman–Crippen MR) is 77.5 cm³/mol. The van der Waals surface area contributed by atoms with Crippen molar-refractivity contribution in [2.75, 3.05) is 25.1 Å². The Morgan fingerprint density at radius 3 is 2.85 bits per heavy atom. The molecule has 2 aromatic rings. The van der Waals surface area contributed by atoms with Crippen molar-refractivity contribution in [3.8, 4) is 11.5 Å². The van der Waals surface area contributed by atoms with Gasteiger partial charge in [-0.2, -0.15) is 5.10 Å². The summed E-state index contributed by atoms with van der Waals surface area (Å²) in [5.74, 6) is 1.66. The second kappa shape index (κ2) is 5.86. The van der Waals surface area contributed by atoms with Gasteiger partial charge in [0, 0.05) is 50.1 Å². The third-order valence-corrected chi connectivity index (χ3v) is 3.38. The largest absolute Gasteiger partial charge is 0.490 e. The summed E-state index contributed by atoms with van der Waals surface area (Å²) in [6.07, 6.45) is 3.69. The summed E-state index contributed by atoms with van der Waals surface area (Å²) < 4.78 is 13.2. The molecule has 1 aliphatic rings. The SMILES string of the molecule is Cn1nccc1CCNc1ccc2c(c1)OCCCO2. The molecule has 0 amide bonds. The number of hydrogen-bond donors (Lipinski definition) is 1. The van der Waals surface area contributed by atoms with Crippen molar-refractivity contribution in [2.24, 2.45) is 7.05 Å². The smallest absolute Gasteiger partial charge is 0.163 e. The third-order valence-electron chi connectivity index (χ3n) is 3.38. The standard InChI is InChI=1S/C15H19N3O2/c1-18-13(6-8-17-18)5-7-16-12-3-4-14-15(11-12)20-10-2-9-19-14/h3-4,6,8,11,16H,2,5,7,9-10H2,1H3. The maximum atomic E-state index is 5.68. The zero-order valence-electron chi connectivity index (χ0n) is 11.6. The van der Waals surface area contributed by atoms with E-state index in [-0.39, 0.29) is 0 Å². The van der Waals surface area contributed by atoms with Crippen LogP contribution in [-0.4, -0.2) is 29.5 Å². The van der Waals surface area contributed by atoms with Gasteiger partial charge in [0.1, 0.15) is 0 Å². The molecular weight excluding hydrogens is 254 g/mol. The van der Waals surface area contributed by atoms with Crippen LogP contribution in [0.15, 0.2) is 30.5 Å². The third kappa shape index (κ3) is 2.87. The van der Waals surface area contributed by atoms with Crippen LogP contribution in [0, 0.1) is 0 Å². The number of benzene rings is 1. The van der Waals surface area contributed by atoms with E-state index in [1.54, 1.807) is 0 Å². The van der Waals surface area contributed by atoms with Crippen molar-refractivity contribution in [1.29, 1.82) is 0 Å². The molecule has 0 aliphatic carbocycles. The Morgan fingerprint density at radius 1 is 1.20 bits per heavy atom. The maximum absolute atomic E-state index is 5.68. The lowest BCUT2D eigenvalue weighted by molar-refractivity contribution is 0.297. The molecule has 2 heterocycles. The maximum Gasteiger partial charge on any atom is 0.163 e. The molecule has 0 spiro atoms. The first-order valence-corrected chi connectivity index (χ1v) is 6.93. The van der Waals surface area contributed by atoms with Crippen LogP contribution < -0.4 is 14.8 Å². The molecule has 1 aromatic heterocycles. The van der Waals surface area contributed by atoms with Crippen LogP contribution in [0.2, 0.25) is 0 Å². The van der Waals surface area contributed by atoms with Crippen molar-refractivity contribution in [3.05, 3.63) is 36.2 Å². The minimum absolute atomic E-state index is 0.714. The number of nitrogens with one attached hydrogen (secondary N) is 1. The highest BCUT2D eigenvalue weighted by molar-refractivity contribution is 5.55. The van der Waals surface area contributed by atoms with Crippen molar-refractivity contribution in [2.45, 2.75) is 12.8 Å². The zero-order chi connectivity index (χ0) is 13.8. The van der Waals surface area contributed by atoms with E-state index in [0.717, 1.165) is 43.2 Å². The van der Waals surface area contributed by atoms with Gasteiger partial charge in [-0.15, -0.1) is 0 Å². The van der Waals surface area contributed by atoms with E-state index in [0.29, 0.717) is 6.61 Å². The quantitative estimate of drug-likeness (QED) is 0.928. The lowest BCUT2D eigenvalue weighted by atomic mass is 10.2. The second-order valence-corrected chi connectivity index (χ2v) is 4.83. The molecule has 1 aliphatic heterocycles. The molecule has 0 saturated carbocycles. The Bertz CT molecular complexity index is 580. The van der Waals surface area contributed by atoms with Crippen LogP contribution in [0.3, 0.4) is 0 Å². The summed E-state index contributed by atoms with van der Waals surface area (Å²) in [7, 11) is 1.96. The highest BCUT2D eigenvalue weighted by atomic mass is 16.5. The average molecular weight is 273 g/mol. The fourth-order valence-corrected chi connectivity index (χ4v) is 2.25. The van der Waals surface area contributed by atoms with Gasteiger partial charge in [-0.1, -0.05) is 0 Å². The fourth-order valence-electron chi connectivity index (χ4n) is 2.25. The molecule has 0 unspecified atom stereocenters. The van der Waals surface area contributed by atoms with Crippen molar-refractivity contribution >= 4 is 5.69 Å². The van der Waals surface area contributed by atoms with Gasteiger partial charge in [-0.25, -0.2) is 0 Å². The van der Waals surface area contributed by atoms with Gasteiger partial charge in [0.2, 0.25) is 0 Å². The van der Waals surface area contributed by atoms with Gasteiger partial charge in [0.15, 0.2) is 11.5 Å². The number of hydrogen-bond acceptors (Lipinski definition) is 4. The molecule has 0 atom stereocenters. The van der Waals surface area contributed by atoms with Crippen LogP contribution in [0.4, 0.5) is 5.69 Å². The van der Waals surface area contributed by atoms with Gasteiger partial charge >= 0.3 is 0 Å². The highest BCUT2D eigenvalue weighted by Gasteiger charge is 2.10. The Labute approximate surface area is 118 Å². The number of aryl methyl sites for hydroxylation is 1. The average Bonchev–Trinajstić information content (AvgIpc) is 2.73. The molecule has 0 saturated heterocycles. The topological polar surface area (TPSA) is 48.3 Å². The Morgan fingerprint density at radius 2 is 2.05 bits per heavy atom. The number of rotatable bonds is 4. The highest BCUT2D eigenvalue weighted by Crippen LogP contribution is 2.32. The minimum atomic E-state index is 0.714. The van der Waals surface area contributed by atoms with E-state index in [2.05, 4.69) is 10.4 Å². The monoisotopic (exact) mass is 273 g/mol. The molecule has 1 aromatic carbocycles. The van der Waals surface area contributed by atoms with Crippen LogP contribution in [-0.2, 0) is 13.5 Å². The lowest BCUT2D eigenvalue weighted by Gasteiger charge is -2.11. The molecular formula is C15H19N3O2. The molecule has 3 rings (SSSR count). The lowest BCUT2D eigenvalue weighted by Crippen LogP contribution is -2.08. The number of ether oxygens (including phenoxy) is 2. The van der Waals surface area contributed by atoms with Crippen LogP contribution >= 0.6 is 0 Å². The van der Waals surface area contributed by atoms with E-state index in [1.807, 2.05) is 42.2 Å². The summed E-state index contributed by atoms with van der Waals surface area (Å²) in [5.41, 5.74) is 2.27. The van der Waals surface area contributed by atoms with E-state index >= 15 is 0 Å². The summed E-state index contributed by atoms with van der Waals surface area (Å²) in [6, 6.07) is 8.03. The zero-order valence-corrected chi connectivity index (χ0v) is 11.6. The second-order valence-electron chi connectivity index (χ2n) is 4.83. The van der Waals surface area contributed by atoms with Gasteiger partial charge in [0.25, 0.3) is 0 Å². The summed E-state index contributed by atoms with van der Waals surface area (Å²) in [6.45, 7) is 2.30. The van der Waals surface area contributed by atoms with Crippen molar-refractivity contribution in [1.82, 2.24) is 9.78 Å². The number of fused-ring (bicyclic) bond motifs is 1. The summed E-state index contributed by atoms with van der Waals surface area (Å²) in [4.78, 5) is 0. The van der Waals surface area contributed by atoms with Gasteiger partial charge in [-0.3, -0.25) is 4.68 Å². The first-order chi connectivity index (χ1) is 9.83. The Kier molecular flexibility index (Phi) is 3.76. The van der Waals surface area contributed by atoms with Crippen molar-refractivity contribution < 1.29 is 9.47 Å². The first-order valence-electron chi connectivity index (χ1n) is 6.93. The van der Waals surface area contributed by atoms with Gasteiger partial charge in [0.05, 0.1) is 13.2 Å². The first kappa shape index (κ1) is 12.8. The van der Waals surface area contributed by atoms with Gasteiger partial charge < -0.3 is 14.8 Å². The molecule has 1 N–H and O–H groups in total. The van der Waals surface area contributed by atoms with E-state index in [1.165, 1.54) is 5.69 Å². The normalized spacial score (nSPS) is 13.8. The van der Waals surface area contributed by atoms with E-state index in [4.69, 9.17) is 9.47 Å². The van der Waals surface area contributed by atoms with E-state index < -0.39 is 0 Å². The molecule has 0 fully saturated rings. The summed E-state index contributed by atoms with van der Waals surface area (Å²) >= 11 is 0. The molecule has 5 nitrogen and oxygen atoms in total. The van der Waals surface area contributed by atoms with Gasteiger partial charge in [-0.05, 0) is 18.2 Å². The number of nitrogens with zero attached hydrogens (tertiary/aromatic N) is 2. The number of aromatic nitrogens is 2. The predicted octanol–water partition coefficient (Wildman–Crippen LogP) is 2.24. The Hall–Kier alpha value is -2.17. The van der Waals surface area contributed by atoms with Crippen molar-refractivity contribution in [3.63, 3.8) is 0 Å². The molecule has 106 valence electrons. The van der Waals surface area contributed by atoms with Crippen LogP contribution in [0.5, 0.6) is 11.5 Å². The van der Waals surface area contributed by atoms with Crippen LogP contribution in [0.25, 0.3) is 0 Å². The molecule has 0 bridgehead atoms. The molecule has 0 radical (unpaired) electrons.